The fraction of sp³-hybridized carbons (Fsp3) is 0.364. The zero-order chi connectivity index (χ0) is 12.5. The molecule has 2 aromatic rings. The summed E-state index contributed by atoms with van der Waals surface area (Å²) >= 11 is 7.49. The van der Waals surface area contributed by atoms with Crippen molar-refractivity contribution in [1.82, 2.24) is 20.2 Å². The van der Waals surface area contributed by atoms with Crippen LogP contribution in [0.3, 0.4) is 0 Å². The molecule has 5 nitrogen and oxygen atoms in total. The highest BCUT2D eigenvalue weighted by atomic mass is 35.5. The van der Waals surface area contributed by atoms with Gasteiger partial charge in [0.25, 0.3) is 0 Å². The molecule has 1 aliphatic carbocycles. The molecule has 0 bridgehead atoms. The van der Waals surface area contributed by atoms with Gasteiger partial charge in [0, 0.05) is 15.6 Å². The van der Waals surface area contributed by atoms with Crippen LogP contribution in [-0.2, 0) is 5.75 Å². The molecule has 18 heavy (non-hydrogen) atoms. The minimum absolute atomic E-state index is 0.498. The predicted molar refractivity (Wildman–Crippen MR) is 71.5 cm³/mol. The lowest BCUT2D eigenvalue weighted by atomic mass is 10.3. The highest BCUT2D eigenvalue weighted by molar-refractivity contribution is 7.98. The van der Waals surface area contributed by atoms with Crippen molar-refractivity contribution in [3.63, 3.8) is 0 Å². The number of benzene rings is 1. The number of hydrogen-bond acceptors (Lipinski definition) is 5. The maximum absolute atomic E-state index is 5.91. The van der Waals surface area contributed by atoms with Crippen LogP contribution in [0, 0.1) is 0 Å². The molecule has 1 fully saturated rings. The summed E-state index contributed by atoms with van der Waals surface area (Å²) in [6.45, 7) is 0. The van der Waals surface area contributed by atoms with Crippen molar-refractivity contribution in [2.24, 2.45) is 0 Å². The van der Waals surface area contributed by atoms with Crippen LogP contribution in [0.4, 0.5) is 5.69 Å². The summed E-state index contributed by atoms with van der Waals surface area (Å²) in [5.74, 6) is 1.62. The number of tetrazole rings is 1. The summed E-state index contributed by atoms with van der Waals surface area (Å²) in [4.78, 5) is 1.00. The van der Waals surface area contributed by atoms with Crippen molar-refractivity contribution in [2.45, 2.75) is 29.5 Å². The maximum atomic E-state index is 5.91. The maximum Gasteiger partial charge on any atom is 0.161 e. The van der Waals surface area contributed by atoms with E-state index in [0.717, 1.165) is 16.5 Å². The summed E-state index contributed by atoms with van der Waals surface area (Å²) in [6, 6.07) is 6.02. The highest BCUT2D eigenvalue weighted by Gasteiger charge is 2.27. The first-order valence-electron chi connectivity index (χ1n) is 5.68. The zero-order valence-corrected chi connectivity index (χ0v) is 11.2. The average Bonchev–Trinajstić information content (AvgIpc) is 3.08. The quantitative estimate of drug-likeness (QED) is 0.689. The molecule has 1 aromatic heterocycles. The molecule has 0 aliphatic heterocycles. The van der Waals surface area contributed by atoms with Gasteiger partial charge in [-0.1, -0.05) is 11.6 Å². The first-order valence-corrected chi connectivity index (χ1v) is 7.05. The molecule has 0 unspecified atom stereocenters. The molecule has 1 aromatic carbocycles. The molecule has 94 valence electrons. The largest absolute Gasteiger partial charge is 0.398 e. The van der Waals surface area contributed by atoms with Gasteiger partial charge in [0.1, 0.15) is 0 Å². The van der Waals surface area contributed by atoms with Crippen LogP contribution in [0.2, 0.25) is 5.02 Å². The van der Waals surface area contributed by atoms with Crippen LogP contribution in [0.5, 0.6) is 0 Å². The van der Waals surface area contributed by atoms with Crippen LogP contribution in [0.15, 0.2) is 23.1 Å². The summed E-state index contributed by atoms with van der Waals surface area (Å²) < 4.78 is 1.92. The van der Waals surface area contributed by atoms with E-state index in [4.69, 9.17) is 17.3 Å². The zero-order valence-electron chi connectivity index (χ0n) is 9.58. The minimum Gasteiger partial charge on any atom is -0.398 e. The SMILES string of the molecule is Nc1cc(Cl)ccc1SCc1nnnn1C1CC1. The molecule has 1 heterocycles. The number of hydrogen-bond donors (Lipinski definition) is 1. The molecule has 1 aliphatic rings. The molecule has 0 amide bonds. The topological polar surface area (TPSA) is 69.6 Å². The number of nitrogen functional groups attached to an aromatic ring is 1. The van der Waals surface area contributed by atoms with E-state index in [-0.39, 0.29) is 0 Å². The molecular formula is C11H12ClN5S. The van der Waals surface area contributed by atoms with Gasteiger partial charge < -0.3 is 5.73 Å². The van der Waals surface area contributed by atoms with E-state index in [9.17, 15) is 0 Å². The summed E-state index contributed by atoms with van der Waals surface area (Å²) in [6.07, 6.45) is 2.34. The molecule has 2 N–H and O–H groups in total. The van der Waals surface area contributed by atoms with E-state index < -0.39 is 0 Å². The standard InChI is InChI=1S/C11H12ClN5S/c12-7-1-4-10(9(13)5-7)18-6-11-14-15-16-17(11)8-2-3-8/h1,4-5,8H,2-3,6,13H2. The van der Waals surface area contributed by atoms with Crippen molar-refractivity contribution in [1.29, 1.82) is 0 Å². The van der Waals surface area contributed by atoms with Crippen molar-refractivity contribution >= 4 is 29.1 Å². The van der Waals surface area contributed by atoms with Crippen LogP contribution >= 0.6 is 23.4 Å². The van der Waals surface area contributed by atoms with E-state index in [2.05, 4.69) is 15.5 Å². The molecule has 0 saturated heterocycles. The minimum atomic E-state index is 0.498. The second kappa shape index (κ2) is 4.78. The summed E-state index contributed by atoms with van der Waals surface area (Å²) in [5, 5.41) is 12.5. The van der Waals surface area contributed by atoms with E-state index in [0.29, 0.717) is 16.8 Å². The van der Waals surface area contributed by atoms with E-state index in [1.165, 1.54) is 12.8 Å². The Labute approximate surface area is 114 Å². The Bertz CT molecular complexity index is 566. The van der Waals surface area contributed by atoms with Gasteiger partial charge in [-0.2, -0.15) is 0 Å². The van der Waals surface area contributed by atoms with Gasteiger partial charge in [-0.25, -0.2) is 4.68 Å². The number of anilines is 1. The van der Waals surface area contributed by atoms with Crippen molar-refractivity contribution in [3.8, 4) is 0 Å². The van der Waals surface area contributed by atoms with Gasteiger partial charge in [-0.05, 0) is 41.5 Å². The van der Waals surface area contributed by atoms with E-state index in [1.54, 1.807) is 17.8 Å². The smallest absolute Gasteiger partial charge is 0.161 e. The Hall–Kier alpha value is -1.27. The van der Waals surface area contributed by atoms with Crippen molar-refractivity contribution in [2.75, 3.05) is 5.73 Å². The molecular weight excluding hydrogens is 270 g/mol. The Balaban J connectivity index is 1.71. The first-order chi connectivity index (χ1) is 8.74. The first kappa shape index (κ1) is 11.8. The molecule has 0 atom stereocenters. The van der Waals surface area contributed by atoms with Crippen LogP contribution in [0.1, 0.15) is 24.7 Å². The van der Waals surface area contributed by atoms with Crippen LogP contribution < -0.4 is 5.73 Å². The third-order valence-corrected chi connectivity index (χ3v) is 4.10. The number of thioether (sulfide) groups is 1. The average molecular weight is 282 g/mol. The third-order valence-electron chi connectivity index (χ3n) is 2.78. The van der Waals surface area contributed by atoms with Crippen LogP contribution in [-0.4, -0.2) is 20.2 Å². The summed E-state index contributed by atoms with van der Waals surface area (Å²) in [5.41, 5.74) is 6.60. The van der Waals surface area contributed by atoms with Gasteiger partial charge in [0.05, 0.1) is 11.8 Å². The van der Waals surface area contributed by atoms with E-state index in [1.807, 2.05) is 16.8 Å². The fourth-order valence-corrected chi connectivity index (χ4v) is 2.75. The van der Waals surface area contributed by atoms with Crippen LogP contribution in [0.25, 0.3) is 0 Å². The Morgan fingerprint density at radius 3 is 3.00 bits per heavy atom. The normalized spacial score (nSPS) is 14.9. The Morgan fingerprint density at radius 1 is 1.44 bits per heavy atom. The molecule has 0 radical (unpaired) electrons. The lowest BCUT2D eigenvalue weighted by molar-refractivity contribution is 0.593. The Morgan fingerprint density at radius 2 is 2.28 bits per heavy atom. The van der Waals surface area contributed by atoms with Gasteiger partial charge in [-0.3, -0.25) is 0 Å². The number of aromatic nitrogens is 4. The lowest BCUT2D eigenvalue weighted by Gasteiger charge is -2.05. The molecule has 7 heteroatoms. The molecule has 0 spiro atoms. The lowest BCUT2D eigenvalue weighted by Crippen LogP contribution is -2.02. The van der Waals surface area contributed by atoms with Gasteiger partial charge in [-0.15, -0.1) is 16.9 Å². The number of halogens is 1. The number of nitrogens with two attached hydrogens (primary N) is 1. The monoisotopic (exact) mass is 281 g/mol. The van der Waals surface area contributed by atoms with E-state index >= 15 is 0 Å². The fourth-order valence-electron chi connectivity index (χ4n) is 1.70. The number of nitrogens with zero attached hydrogens (tertiary/aromatic N) is 4. The second-order valence-corrected chi connectivity index (χ2v) is 5.70. The van der Waals surface area contributed by atoms with Crippen molar-refractivity contribution in [3.05, 3.63) is 29.0 Å². The molecule has 1 saturated carbocycles. The van der Waals surface area contributed by atoms with Crippen molar-refractivity contribution < 1.29 is 0 Å². The van der Waals surface area contributed by atoms with Gasteiger partial charge in [0.2, 0.25) is 0 Å². The summed E-state index contributed by atoms with van der Waals surface area (Å²) in [7, 11) is 0. The Kier molecular flexibility index (Phi) is 3.13. The number of rotatable bonds is 4. The second-order valence-electron chi connectivity index (χ2n) is 4.24. The molecule has 3 rings (SSSR count). The third kappa shape index (κ3) is 2.44. The highest BCUT2D eigenvalue weighted by Crippen LogP contribution is 2.36. The predicted octanol–water partition coefficient (Wildman–Crippen LogP) is 2.54. The van der Waals surface area contributed by atoms with Gasteiger partial charge >= 0.3 is 0 Å². The van der Waals surface area contributed by atoms with Gasteiger partial charge in [0.15, 0.2) is 5.82 Å².